The van der Waals surface area contributed by atoms with Crippen LogP contribution in [0.2, 0.25) is 0 Å². The highest BCUT2D eigenvalue weighted by molar-refractivity contribution is 5.95. The number of benzene rings is 1. The van der Waals surface area contributed by atoms with Crippen LogP contribution in [0, 0.1) is 0 Å². The molecule has 0 aromatic heterocycles. The summed E-state index contributed by atoms with van der Waals surface area (Å²) in [6.07, 6.45) is 0.116. The first-order valence-electron chi connectivity index (χ1n) is 6.72. The van der Waals surface area contributed by atoms with Gasteiger partial charge in [-0.3, -0.25) is 4.79 Å². The van der Waals surface area contributed by atoms with E-state index < -0.39 is 0 Å². The van der Waals surface area contributed by atoms with E-state index in [2.05, 4.69) is 0 Å². The predicted octanol–water partition coefficient (Wildman–Crippen LogP) is 1.95. The Bertz CT molecular complexity index is 479. The van der Waals surface area contributed by atoms with Gasteiger partial charge in [-0.15, -0.1) is 0 Å². The fourth-order valence-corrected chi connectivity index (χ4v) is 2.50. The van der Waals surface area contributed by atoms with Crippen LogP contribution in [0.4, 0.5) is 0 Å². The summed E-state index contributed by atoms with van der Waals surface area (Å²) in [6.45, 7) is 5.17. The van der Waals surface area contributed by atoms with Gasteiger partial charge in [-0.25, -0.2) is 0 Å². The summed E-state index contributed by atoms with van der Waals surface area (Å²) in [5.74, 6) is 1.17. The number of rotatable bonds is 3. The van der Waals surface area contributed by atoms with Crippen molar-refractivity contribution >= 4 is 5.91 Å². The van der Waals surface area contributed by atoms with Gasteiger partial charge in [-0.1, -0.05) is 0 Å². The highest BCUT2D eigenvalue weighted by Gasteiger charge is 2.27. The number of hydrogen-bond donors (Lipinski definition) is 0. The number of carbonyl (C=O) groups excluding carboxylic acids is 1. The van der Waals surface area contributed by atoms with Crippen molar-refractivity contribution in [1.82, 2.24) is 4.90 Å². The summed E-state index contributed by atoms with van der Waals surface area (Å²) in [5, 5.41) is 0. The molecule has 110 valence electrons. The zero-order valence-electron chi connectivity index (χ0n) is 12.4. The Hall–Kier alpha value is -1.75. The fourth-order valence-electron chi connectivity index (χ4n) is 2.50. The molecule has 1 aromatic carbocycles. The van der Waals surface area contributed by atoms with E-state index in [1.54, 1.807) is 32.4 Å². The van der Waals surface area contributed by atoms with Crippen LogP contribution >= 0.6 is 0 Å². The van der Waals surface area contributed by atoms with Crippen molar-refractivity contribution in [2.45, 2.75) is 26.1 Å². The molecule has 0 radical (unpaired) electrons. The van der Waals surface area contributed by atoms with Crippen molar-refractivity contribution in [3.8, 4) is 11.5 Å². The van der Waals surface area contributed by atoms with Crippen molar-refractivity contribution in [3.05, 3.63) is 23.8 Å². The second-order valence-electron chi connectivity index (χ2n) is 5.04. The van der Waals surface area contributed by atoms with Crippen LogP contribution in [0.5, 0.6) is 11.5 Å². The zero-order chi connectivity index (χ0) is 14.7. The van der Waals surface area contributed by atoms with E-state index in [9.17, 15) is 4.79 Å². The Morgan fingerprint density at radius 1 is 1.15 bits per heavy atom. The summed E-state index contributed by atoms with van der Waals surface area (Å²) in [7, 11) is 3.13. The molecule has 0 aliphatic carbocycles. The van der Waals surface area contributed by atoms with Crippen molar-refractivity contribution in [2.75, 3.05) is 27.3 Å². The Morgan fingerprint density at radius 3 is 2.30 bits per heavy atom. The van der Waals surface area contributed by atoms with Crippen LogP contribution in [0.25, 0.3) is 0 Å². The van der Waals surface area contributed by atoms with Gasteiger partial charge in [-0.05, 0) is 32.0 Å². The zero-order valence-corrected chi connectivity index (χ0v) is 12.4. The van der Waals surface area contributed by atoms with E-state index in [1.165, 1.54) is 0 Å². The smallest absolute Gasteiger partial charge is 0.254 e. The SMILES string of the molecule is COc1ccc(C(=O)N2C[C@@H](C)O[C@@H](C)C2)cc1OC. The summed E-state index contributed by atoms with van der Waals surface area (Å²) in [5.41, 5.74) is 0.601. The maximum absolute atomic E-state index is 12.5. The molecule has 0 bridgehead atoms. The first-order valence-corrected chi connectivity index (χ1v) is 6.72. The fraction of sp³-hybridized carbons (Fsp3) is 0.533. The van der Waals surface area contributed by atoms with Gasteiger partial charge in [0, 0.05) is 18.7 Å². The third-order valence-electron chi connectivity index (χ3n) is 3.34. The van der Waals surface area contributed by atoms with Crippen LogP contribution in [-0.4, -0.2) is 50.3 Å². The van der Waals surface area contributed by atoms with Crippen molar-refractivity contribution in [3.63, 3.8) is 0 Å². The first kappa shape index (κ1) is 14.7. The maximum Gasteiger partial charge on any atom is 0.254 e. The van der Waals surface area contributed by atoms with E-state index in [0.717, 1.165) is 0 Å². The molecule has 0 N–H and O–H groups in total. The quantitative estimate of drug-likeness (QED) is 0.848. The lowest BCUT2D eigenvalue weighted by molar-refractivity contribution is -0.0586. The first-order chi connectivity index (χ1) is 9.55. The van der Waals surface area contributed by atoms with E-state index in [0.29, 0.717) is 30.2 Å². The Kier molecular flexibility index (Phi) is 4.49. The van der Waals surface area contributed by atoms with Gasteiger partial charge in [0.15, 0.2) is 11.5 Å². The minimum Gasteiger partial charge on any atom is -0.493 e. The molecule has 0 spiro atoms. The average Bonchev–Trinajstić information content (AvgIpc) is 2.44. The minimum absolute atomic E-state index is 0.00652. The molecule has 5 nitrogen and oxygen atoms in total. The van der Waals surface area contributed by atoms with Crippen LogP contribution in [-0.2, 0) is 4.74 Å². The number of ether oxygens (including phenoxy) is 3. The minimum atomic E-state index is -0.00652. The number of nitrogens with zero attached hydrogens (tertiary/aromatic N) is 1. The molecule has 20 heavy (non-hydrogen) atoms. The third-order valence-corrected chi connectivity index (χ3v) is 3.34. The second kappa shape index (κ2) is 6.13. The molecule has 1 aliphatic rings. The number of morpholine rings is 1. The number of amides is 1. The maximum atomic E-state index is 12.5. The standard InChI is InChI=1S/C15H21NO4/c1-10-8-16(9-11(2)20-10)15(17)12-5-6-13(18-3)14(7-12)19-4/h5-7,10-11H,8-9H2,1-4H3/t10-,11+. The highest BCUT2D eigenvalue weighted by Crippen LogP contribution is 2.28. The molecule has 1 heterocycles. The average molecular weight is 279 g/mol. The topological polar surface area (TPSA) is 48.0 Å². The number of methoxy groups -OCH3 is 2. The van der Waals surface area contributed by atoms with Crippen LogP contribution in [0.1, 0.15) is 24.2 Å². The van der Waals surface area contributed by atoms with Crippen molar-refractivity contribution in [2.24, 2.45) is 0 Å². The largest absolute Gasteiger partial charge is 0.493 e. The highest BCUT2D eigenvalue weighted by atomic mass is 16.5. The molecule has 1 aromatic rings. The van der Waals surface area contributed by atoms with Crippen molar-refractivity contribution in [1.29, 1.82) is 0 Å². The molecule has 1 saturated heterocycles. The normalized spacial score (nSPS) is 22.5. The lowest BCUT2D eigenvalue weighted by atomic mass is 10.1. The van der Waals surface area contributed by atoms with Crippen LogP contribution in [0.3, 0.4) is 0 Å². The van der Waals surface area contributed by atoms with Gasteiger partial charge in [0.1, 0.15) is 0 Å². The number of carbonyl (C=O) groups is 1. The molecule has 1 aliphatic heterocycles. The predicted molar refractivity (Wildman–Crippen MR) is 75.5 cm³/mol. The Labute approximate surface area is 119 Å². The molecule has 2 rings (SSSR count). The van der Waals surface area contributed by atoms with Gasteiger partial charge in [-0.2, -0.15) is 0 Å². The molecular weight excluding hydrogens is 258 g/mol. The monoisotopic (exact) mass is 279 g/mol. The van der Waals surface area contributed by atoms with E-state index in [-0.39, 0.29) is 18.1 Å². The van der Waals surface area contributed by atoms with E-state index >= 15 is 0 Å². The molecule has 5 heteroatoms. The summed E-state index contributed by atoms with van der Waals surface area (Å²) in [6, 6.07) is 5.22. The summed E-state index contributed by atoms with van der Waals surface area (Å²) >= 11 is 0. The van der Waals surface area contributed by atoms with E-state index in [1.807, 2.05) is 18.7 Å². The molecule has 1 fully saturated rings. The number of hydrogen-bond acceptors (Lipinski definition) is 4. The lowest BCUT2D eigenvalue weighted by Gasteiger charge is -2.35. The molecule has 2 atom stereocenters. The summed E-state index contributed by atoms with van der Waals surface area (Å²) in [4.78, 5) is 14.4. The van der Waals surface area contributed by atoms with Gasteiger partial charge < -0.3 is 19.1 Å². The van der Waals surface area contributed by atoms with Gasteiger partial charge in [0.25, 0.3) is 5.91 Å². The Morgan fingerprint density at radius 2 is 1.75 bits per heavy atom. The van der Waals surface area contributed by atoms with Gasteiger partial charge in [0.05, 0.1) is 26.4 Å². The summed E-state index contributed by atoms with van der Waals surface area (Å²) < 4.78 is 16.1. The van der Waals surface area contributed by atoms with Crippen LogP contribution in [0.15, 0.2) is 18.2 Å². The third kappa shape index (κ3) is 3.04. The second-order valence-corrected chi connectivity index (χ2v) is 5.04. The Balaban J connectivity index is 2.20. The van der Waals surface area contributed by atoms with Gasteiger partial charge >= 0.3 is 0 Å². The van der Waals surface area contributed by atoms with Crippen molar-refractivity contribution < 1.29 is 19.0 Å². The molecule has 0 saturated carbocycles. The molecule has 0 unspecified atom stereocenters. The molecular formula is C15H21NO4. The lowest BCUT2D eigenvalue weighted by Crippen LogP contribution is -2.48. The van der Waals surface area contributed by atoms with Gasteiger partial charge in [0.2, 0.25) is 0 Å². The molecule has 1 amide bonds. The van der Waals surface area contributed by atoms with E-state index in [4.69, 9.17) is 14.2 Å². The van der Waals surface area contributed by atoms with Crippen LogP contribution < -0.4 is 9.47 Å².